The van der Waals surface area contributed by atoms with Crippen molar-refractivity contribution in [1.82, 2.24) is 5.32 Å². The van der Waals surface area contributed by atoms with E-state index in [1.165, 1.54) is 30.0 Å². The summed E-state index contributed by atoms with van der Waals surface area (Å²) in [6.45, 7) is 6.98. The summed E-state index contributed by atoms with van der Waals surface area (Å²) in [4.78, 5) is 4.00. The second-order valence-electron chi connectivity index (χ2n) is 6.51. The second-order valence-corrected chi connectivity index (χ2v) is 7.39. The standard InChI is InChI=1S/C17H26N2S/c1-12(2)17-10-18-16(13-4-5-13)11-19(17)14-6-8-15(20-3)9-7-14/h6-9,12-13,16-18H,4-5,10-11H2,1-3H3. The van der Waals surface area contributed by atoms with Crippen molar-refractivity contribution >= 4 is 17.4 Å². The van der Waals surface area contributed by atoms with Crippen LogP contribution in [0.3, 0.4) is 0 Å². The van der Waals surface area contributed by atoms with E-state index in [4.69, 9.17) is 0 Å². The first kappa shape index (κ1) is 14.3. The van der Waals surface area contributed by atoms with E-state index in [0.29, 0.717) is 18.0 Å². The summed E-state index contributed by atoms with van der Waals surface area (Å²) in [7, 11) is 0. The largest absolute Gasteiger partial charge is 0.365 e. The Morgan fingerprint density at radius 2 is 1.90 bits per heavy atom. The molecule has 0 radical (unpaired) electrons. The molecule has 1 N–H and O–H groups in total. The lowest BCUT2D eigenvalue weighted by atomic mass is 9.96. The van der Waals surface area contributed by atoms with Crippen LogP contribution < -0.4 is 10.2 Å². The lowest BCUT2D eigenvalue weighted by Gasteiger charge is -2.44. The summed E-state index contributed by atoms with van der Waals surface area (Å²) in [5.74, 6) is 1.61. The minimum absolute atomic E-state index is 0.616. The number of anilines is 1. The van der Waals surface area contributed by atoms with Crippen LogP contribution in [-0.2, 0) is 0 Å². The lowest BCUT2D eigenvalue weighted by molar-refractivity contribution is 0.320. The molecule has 2 aliphatic rings. The molecule has 1 saturated heterocycles. The number of piperazine rings is 1. The lowest BCUT2D eigenvalue weighted by Crippen LogP contribution is -2.59. The molecule has 2 unspecified atom stereocenters. The van der Waals surface area contributed by atoms with Crippen molar-refractivity contribution in [3.05, 3.63) is 24.3 Å². The van der Waals surface area contributed by atoms with Gasteiger partial charge in [-0.2, -0.15) is 0 Å². The highest BCUT2D eigenvalue weighted by molar-refractivity contribution is 7.98. The van der Waals surface area contributed by atoms with Gasteiger partial charge in [-0.15, -0.1) is 11.8 Å². The molecule has 1 aliphatic carbocycles. The fourth-order valence-electron chi connectivity index (χ4n) is 3.27. The fourth-order valence-corrected chi connectivity index (χ4v) is 3.68. The molecule has 20 heavy (non-hydrogen) atoms. The van der Waals surface area contributed by atoms with Crippen LogP contribution in [0.15, 0.2) is 29.2 Å². The van der Waals surface area contributed by atoms with Gasteiger partial charge in [-0.1, -0.05) is 13.8 Å². The van der Waals surface area contributed by atoms with E-state index in [0.717, 1.165) is 12.5 Å². The summed E-state index contributed by atoms with van der Waals surface area (Å²) < 4.78 is 0. The van der Waals surface area contributed by atoms with Crippen LogP contribution in [0.4, 0.5) is 5.69 Å². The zero-order chi connectivity index (χ0) is 14.1. The fraction of sp³-hybridized carbons (Fsp3) is 0.647. The monoisotopic (exact) mass is 290 g/mol. The van der Waals surface area contributed by atoms with Gasteiger partial charge in [0.15, 0.2) is 0 Å². The van der Waals surface area contributed by atoms with Gasteiger partial charge >= 0.3 is 0 Å². The third-order valence-corrected chi connectivity index (χ3v) is 5.49. The summed E-state index contributed by atoms with van der Waals surface area (Å²) >= 11 is 1.82. The minimum Gasteiger partial charge on any atom is -0.365 e. The SMILES string of the molecule is CSc1ccc(N2CC(C3CC3)NCC2C(C)C)cc1. The Bertz CT molecular complexity index is 439. The molecule has 2 nitrogen and oxygen atoms in total. The molecule has 1 aliphatic heterocycles. The van der Waals surface area contributed by atoms with Crippen LogP contribution in [0.25, 0.3) is 0 Å². The first-order chi connectivity index (χ1) is 9.69. The van der Waals surface area contributed by atoms with Crippen LogP contribution in [-0.4, -0.2) is 31.4 Å². The van der Waals surface area contributed by atoms with Crippen LogP contribution in [0.5, 0.6) is 0 Å². The molecule has 110 valence electrons. The predicted molar refractivity (Wildman–Crippen MR) is 88.7 cm³/mol. The van der Waals surface area contributed by atoms with Gasteiger partial charge in [-0.3, -0.25) is 0 Å². The quantitative estimate of drug-likeness (QED) is 0.853. The van der Waals surface area contributed by atoms with Crippen LogP contribution in [0.1, 0.15) is 26.7 Å². The molecule has 2 atom stereocenters. The van der Waals surface area contributed by atoms with E-state index in [2.05, 4.69) is 54.6 Å². The molecular weight excluding hydrogens is 264 g/mol. The number of nitrogens with zero attached hydrogens (tertiary/aromatic N) is 1. The smallest absolute Gasteiger partial charge is 0.0438 e. The van der Waals surface area contributed by atoms with Gasteiger partial charge in [0.25, 0.3) is 0 Å². The molecule has 0 bridgehead atoms. The average Bonchev–Trinajstić information content (AvgIpc) is 3.31. The Labute approximate surface area is 127 Å². The third kappa shape index (κ3) is 2.99. The van der Waals surface area contributed by atoms with Crippen LogP contribution >= 0.6 is 11.8 Å². The molecule has 0 spiro atoms. The molecule has 2 fully saturated rings. The summed E-state index contributed by atoms with van der Waals surface area (Å²) in [5, 5.41) is 3.79. The van der Waals surface area contributed by atoms with E-state index < -0.39 is 0 Å². The Morgan fingerprint density at radius 3 is 2.45 bits per heavy atom. The zero-order valence-electron chi connectivity index (χ0n) is 12.8. The first-order valence-corrected chi connectivity index (χ1v) is 9.05. The van der Waals surface area contributed by atoms with Gasteiger partial charge in [0, 0.05) is 35.8 Å². The maximum Gasteiger partial charge on any atom is 0.0438 e. The van der Waals surface area contributed by atoms with Crippen molar-refractivity contribution in [3.63, 3.8) is 0 Å². The van der Waals surface area contributed by atoms with Crippen molar-refractivity contribution in [2.45, 2.75) is 43.7 Å². The van der Waals surface area contributed by atoms with Crippen LogP contribution in [0, 0.1) is 11.8 Å². The molecule has 3 rings (SSSR count). The first-order valence-electron chi connectivity index (χ1n) is 7.83. The van der Waals surface area contributed by atoms with Crippen LogP contribution in [0.2, 0.25) is 0 Å². The number of rotatable bonds is 4. The molecule has 1 aromatic carbocycles. The summed E-state index contributed by atoms with van der Waals surface area (Å²) in [6, 6.07) is 10.4. The maximum absolute atomic E-state index is 3.79. The Morgan fingerprint density at radius 1 is 1.20 bits per heavy atom. The van der Waals surface area contributed by atoms with E-state index in [-0.39, 0.29) is 0 Å². The van der Waals surface area contributed by atoms with Gasteiger partial charge in [-0.25, -0.2) is 0 Å². The summed E-state index contributed by atoms with van der Waals surface area (Å²) in [5.41, 5.74) is 1.40. The van der Waals surface area contributed by atoms with E-state index in [9.17, 15) is 0 Å². The topological polar surface area (TPSA) is 15.3 Å². The van der Waals surface area contributed by atoms with E-state index in [1.54, 1.807) is 0 Å². The van der Waals surface area contributed by atoms with Gasteiger partial charge < -0.3 is 10.2 Å². The Balaban J connectivity index is 1.79. The van der Waals surface area contributed by atoms with Crippen molar-refractivity contribution in [2.24, 2.45) is 11.8 Å². The number of thioether (sulfide) groups is 1. The maximum atomic E-state index is 3.79. The van der Waals surface area contributed by atoms with Crippen molar-refractivity contribution in [2.75, 3.05) is 24.2 Å². The number of nitrogens with one attached hydrogen (secondary N) is 1. The molecule has 3 heteroatoms. The zero-order valence-corrected chi connectivity index (χ0v) is 13.6. The molecular formula is C17H26N2S. The van der Waals surface area contributed by atoms with Crippen molar-refractivity contribution < 1.29 is 0 Å². The molecule has 1 heterocycles. The van der Waals surface area contributed by atoms with Gasteiger partial charge in [0.1, 0.15) is 0 Å². The van der Waals surface area contributed by atoms with Gasteiger partial charge in [-0.05, 0) is 55.2 Å². The number of benzene rings is 1. The summed E-state index contributed by atoms with van der Waals surface area (Å²) in [6.07, 6.45) is 4.98. The van der Waals surface area contributed by atoms with Crippen molar-refractivity contribution in [3.8, 4) is 0 Å². The Kier molecular flexibility index (Phi) is 4.27. The predicted octanol–water partition coefficient (Wildman–Crippen LogP) is 3.62. The van der Waals surface area contributed by atoms with E-state index in [1.807, 2.05) is 11.8 Å². The second kappa shape index (κ2) is 5.98. The minimum atomic E-state index is 0.616. The highest BCUT2D eigenvalue weighted by Crippen LogP contribution is 2.36. The number of hydrogen-bond donors (Lipinski definition) is 1. The molecule has 0 amide bonds. The molecule has 0 aromatic heterocycles. The molecule has 1 aromatic rings. The van der Waals surface area contributed by atoms with E-state index >= 15 is 0 Å². The van der Waals surface area contributed by atoms with Gasteiger partial charge in [0.2, 0.25) is 0 Å². The average molecular weight is 290 g/mol. The number of hydrogen-bond acceptors (Lipinski definition) is 3. The molecule has 1 saturated carbocycles. The highest BCUT2D eigenvalue weighted by Gasteiger charge is 2.37. The Hall–Kier alpha value is -0.670. The van der Waals surface area contributed by atoms with Gasteiger partial charge in [0.05, 0.1) is 0 Å². The highest BCUT2D eigenvalue weighted by atomic mass is 32.2. The van der Waals surface area contributed by atoms with Crippen molar-refractivity contribution in [1.29, 1.82) is 0 Å². The normalized spacial score (nSPS) is 27.1. The third-order valence-electron chi connectivity index (χ3n) is 4.75.